The van der Waals surface area contributed by atoms with Crippen LogP contribution >= 0.6 is 0 Å². The predicted octanol–water partition coefficient (Wildman–Crippen LogP) is 5.83. The Labute approximate surface area is 168 Å². The topological polar surface area (TPSA) is 61.5 Å². The number of aryl methyl sites for hydroxylation is 1. The molecule has 4 heteroatoms. The second-order valence-corrected chi connectivity index (χ2v) is 8.87. The van der Waals surface area contributed by atoms with Crippen molar-refractivity contribution in [2.45, 2.75) is 59.7 Å². The van der Waals surface area contributed by atoms with E-state index in [0.29, 0.717) is 17.0 Å². The Morgan fingerprint density at radius 2 is 1.46 bits per heavy atom. The molecule has 0 aliphatic carbocycles. The van der Waals surface area contributed by atoms with Crippen LogP contribution in [0.25, 0.3) is 6.08 Å². The zero-order valence-electron chi connectivity index (χ0n) is 17.9. The lowest BCUT2D eigenvalue weighted by Crippen LogP contribution is -2.25. The number of nitrogen functional groups attached to an aromatic ring is 1. The molecule has 0 saturated carbocycles. The standard InChI is InChI=1S/C24H31NO3/c1-16-8-15-21(27-23(2,3)4)19(22(16)28-24(5,6)7)13-14-20(26)17-9-11-18(25)12-10-17/h8-15H,25H2,1-7H3/b14-13+. The summed E-state index contributed by atoms with van der Waals surface area (Å²) in [5.74, 6) is 1.29. The molecular weight excluding hydrogens is 350 g/mol. The Kier molecular flexibility index (Phi) is 6.23. The number of hydrogen-bond acceptors (Lipinski definition) is 4. The largest absolute Gasteiger partial charge is 0.487 e. The van der Waals surface area contributed by atoms with Crippen molar-refractivity contribution in [3.63, 3.8) is 0 Å². The molecule has 2 aromatic rings. The minimum atomic E-state index is -0.380. The van der Waals surface area contributed by atoms with Crippen LogP contribution in [0.3, 0.4) is 0 Å². The van der Waals surface area contributed by atoms with Crippen LogP contribution in [0.15, 0.2) is 42.5 Å². The number of anilines is 1. The average Bonchev–Trinajstić information content (AvgIpc) is 2.55. The van der Waals surface area contributed by atoms with Gasteiger partial charge in [0.2, 0.25) is 0 Å². The normalized spacial score (nSPS) is 12.2. The minimum absolute atomic E-state index is 0.107. The Balaban J connectivity index is 2.49. The van der Waals surface area contributed by atoms with Gasteiger partial charge in [0.05, 0.1) is 5.56 Å². The predicted molar refractivity (Wildman–Crippen MR) is 116 cm³/mol. The molecule has 0 amide bonds. The molecule has 0 heterocycles. The highest BCUT2D eigenvalue weighted by Crippen LogP contribution is 2.37. The molecule has 0 aliphatic heterocycles. The number of ether oxygens (including phenoxy) is 2. The fourth-order valence-corrected chi connectivity index (χ4v) is 2.61. The number of rotatable bonds is 5. The summed E-state index contributed by atoms with van der Waals surface area (Å²) in [6.07, 6.45) is 3.32. The first-order valence-electron chi connectivity index (χ1n) is 9.45. The lowest BCUT2D eigenvalue weighted by Gasteiger charge is -2.27. The molecule has 2 rings (SSSR count). The smallest absolute Gasteiger partial charge is 0.185 e. The summed E-state index contributed by atoms with van der Waals surface area (Å²) in [4.78, 5) is 12.6. The van der Waals surface area contributed by atoms with E-state index in [9.17, 15) is 4.79 Å². The number of carbonyl (C=O) groups excluding carboxylic acids is 1. The summed E-state index contributed by atoms with van der Waals surface area (Å²) in [7, 11) is 0. The number of carbonyl (C=O) groups is 1. The van der Waals surface area contributed by atoms with E-state index in [2.05, 4.69) is 0 Å². The maximum absolute atomic E-state index is 12.6. The van der Waals surface area contributed by atoms with Gasteiger partial charge in [-0.15, -0.1) is 0 Å². The van der Waals surface area contributed by atoms with Gasteiger partial charge >= 0.3 is 0 Å². The molecule has 0 radical (unpaired) electrons. The SMILES string of the molecule is Cc1ccc(OC(C)(C)C)c(/C=C/C(=O)c2ccc(N)cc2)c1OC(C)(C)C. The summed E-state index contributed by atoms with van der Waals surface area (Å²) in [5, 5.41) is 0. The van der Waals surface area contributed by atoms with Gasteiger partial charge in [-0.05, 0) is 96.5 Å². The van der Waals surface area contributed by atoms with E-state index in [1.165, 1.54) is 0 Å². The van der Waals surface area contributed by atoms with Crippen LogP contribution in [0.2, 0.25) is 0 Å². The molecule has 0 aliphatic rings. The second kappa shape index (κ2) is 8.09. The van der Waals surface area contributed by atoms with Gasteiger partial charge in [0.1, 0.15) is 22.7 Å². The molecule has 2 aromatic carbocycles. The van der Waals surface area contributed by atoms with Gasteiger partial charge in [0.25, 0.3) is 0 Å². The van der Waals surface area contributed by atoms with Crippen LogP contribution in [0.5, 0.6) is 11.5 Å². The summed E-state index contributed by atoms with van der Waals surface area (Å²) in [6, 6.07) is 10.8. The van der Waals surface area contributed by atoms with Gasteiger partial charge in [-0.25, -0.2) is 0 Å². The molecule has 0 atom stereocenters. The van der Waals surface area contributed by atoms with Crippen LogP contribution in [0.4, 0.5) is 5.69 Å². The lowest BCUT2D eigenvalue weighted by molar-refractivity contribution is 0.104. The zero-order valence-corrected chi connectivity index (χ0v) is 17.9. The molecule has 0 bridgehead atoms. The van der Waals surface area contributed by atoms with Gasteiger partial charge in [-0.2, -0.15) is 0 Å². The van der Waals surface area contributed by atoms with Crippen molar-refractivity contribution in [2.24, 2.45) is 0 Å². The fraction of sp³-hybridized carbons (Fsp3) is 0.375. The first-order chi connectivity index (χ1) is 12.9. The second-order valence-electron chi connectivity index (χ2n) is 8.87. The Morgan fingerprint density at radius 1 is 0.893 bits per heavy atom. The highest BCUT2D eigenvalue weighted by Gasteiger charge is 2.21. The molecule has 0 spiro atoms. The van der Waals surface area contributed by atoms with E-state index < -0.39 is 0 Å². The van der Waals surface area contributed by atoms with Crippen molar-refractivity contribution in [3.8, 4) is 11.5 Å². The number of nitrogens with two attached hydrogens (primary N) is 1. The molecule has 28 heavy (non-hydrogen) atoms. The van der Waals surface area contributed by atoms with E-state index in [1.807, 2.05) is 60.6 Å². The Bertz CT molecular complexity index is 866. The molecule has 0 fully saturated rings. The van der Waals surface area contributed by atoms with Crippen molar-refractivity contribution >= 4 is 17.5 Å². The van der Waals surface area contributed by atoms with Crippen molar-refractivity contribution < 1.29 is 14.3 Å². The van der Waals surface area contributed by atoms with Crippen LogP contribution < -0.4 is 15.2 Å². The summed E-state index contributed by atoms with van der Waals surface area (Å²) in [5.41, 5.74) is 7.89. The van der Waals surface area contributed by atoms with Crippen molar-refractivity contribution in [2.75, 3.05) is 5.73 Å². The molecule has 2 N–H and O–H groups in total. The summed E-state index contributed by atoms with van der Waals surface area (Å²) < 4.78 is 12.4. The van der Waals surface area contributed by atoms with Gasteiger partial charge in [-0.3, -0.25) is 4.79 Å². The maximum Gasteiger partial charge on any atom is 0.185 e. The highest BCUT2D eigenvalue weighted by atomic mass is 16.5. The van der Waals surface area contributed by atoms with Crippen molar-refractivity contribution in [1.82, 2.24) is 0 Å². The number of benzene rings is 2. The maximum atomic E-state index is 12.6. The van der Waals surface area contributed by atoms with E-state index >= 15 is 0 Å². The highest BCUT2D eigenvalue weighted by molar-refractivity contribution is 6.07. The van der Waals surface area contributed by atoms with Crippen molar-refractivity contribution in [1.29, 1.82) is 0 Å². The molecule has 0 saturated heterocycles. The minimum Gasteiger partial charge on any atom is -0.487 e. The molecule has 4 nitrogen and oxygen atoms in total. The van der Waals surface area contributed by atoms with Crippen LogP contribution in [0.1, 0.15) is 63.0 Å². The lowest BCUT2D eigenvalue weighted by atomic mass is 10.0. The summed E-state index contributed by atoms with van der Waals surface area (Å²) >= 11 is 0. The van der Waals surface area contributed by atoms with Gasteiger partial charge in [0, 0.05) is 11.3 Å². The third-order valence-corrected chi connectivity index (χ3v) is 3.77. The summed E-state index contributed by atoms with van der Waals surface area (Å²) in [6.45, 7) is 13.9. The zero-order chi connectivity index (χ0) is 21.1. The van der Waals surface area contributed by atoms with Gasteiger partial charge in [-0.1, -0.05) is 6.07 Å². The third-order valence-electron chi connectivity index (χ3n) is 3.77. The van der Waals surface area contributed by atoms with E-state index in [-0.39, 0.29) is 17.0 Å². The third kappa shape index (κ3) is 6.15. The number of hydrogen-bond donors (Lipinski definition) is 1. The molecular formula is C24H31NO3. The molecule has 0 aromatic heterocycles. The number of ketones is 1. The van der Waals surface area contributed by atoms with E-state index in [4.69, 9.17) is 15.2 Å². The van der Waals surface area contributed by atoms with Crippen LogP contribution in [-0.2, 0) is 0 Å². The first kappa shape index (κ1) is 21.5. The first-order valence-corrected chi connectivity index (χ1v) is 9.45. The van der Waals surface area contributed by atoms with E-state index in [1.54, 1.807) is 36.4 Å². The van der Waals surface area contributed by atoms with Crippen LogP contribution in [-0.4, -0.2) is 17.0 Å². The fourth-order valence-electron chi connectivity index (χ4n) is 2.61. The quantitative estimate of drug-likeness (QED) is 0.402. The average molecular weight is 382 g/mol. The molecule has 150 valence electrons. The Morgan fingerprint density at radius 3 is 2.00 bits per heavy atom. The monoisotopic (exact) mass is 381 g/mol. The van der Waals surface area contributed by atoms with Gasteiger partial charge in [0.15, 0.2) is 5.78 Å². The van der Waals surface area contributed by atoms with Crippen molar-refractivity contribution in [3.05, 3.63) is 59.2 Å². The van der Waals surface area contributed by atoms with Crippen LogP contribution in [0, 0.1) is 6.92 Å². The number of allylic oxidation sites excluding steroid dienone is 1. The molecule has 0 unspecified atom stereocenters. The van der Waals surface area contributed by atoms with Gasteiger partial charge < -0.3 is 15.2 Å². The Hall–Kier alpha value is -2.75. The van der Waals surface area contributed by atoms with E-state index in [0.717, 1.165) is 16.9 Å².